The Kier molecular flexibility index (Phi) is 9.25. The lowest BCUT2D eigenvalue weighted by atomic mass is 9.60. The van der Waals surface area contributed by atoms with Gasteiger partial charge < -0.3 is 4.42 Å². The lowest BCUT2D eigenvalue weighted by Crippen LogP contribution is -2.55. The minimum Gasteiger partial charge on any atom is -0.456 e. The second-order valence-electron chi connectivity index (χ2n) is 15.1. The van der Waals surface area contributed by atoms with Gasteiger partial charge in [0.1, 0.15) is 105 Å². The average Bonchev–Trinajstić information content (AvgIpc) is 3.62. The zero-order chi connectivity index (χ0) is 42.8. The summed E-state index contributed by atoms with van der Waals surface area (Å²) in [5.74, 6) is 0.855. The summed E-state index contributed by atoms with van der Waals surface area (Å²) in [4.78, 5) is 14.5. The fraction of sp³-hybridized carbons (Fsp3) is 0. The largest absolute Gasteiger partial charge is 0.456 e. The van der Waals surface area contributed by atoms with E-state index in [1.165, 1.54) is 0 Å². The molecule has 0 unspecified atom stereocenters. The van der Waals surface area contributed by atoms with Crippen molar-refractivity contribution in [3.63, 3.8) is 0 Å². The maximum atomic E-state index is 7.19. The molecule has 252 valence electrons. The van der Waals surface area contributed by atoms with Gasteiger partial charge in [0.2, 0.25) is 0 Å². The third kappa shape index (κ3) is 6.03. The first-order chi connectivity index (χ1) is 29.2. The van der Waals surface area contributed by atoms with Gasteiger partial charge in [-0.15, -0.1) is 32.8 Å². The molecule has 10 aromatic rings. The summed E-state index contributed by atoms with van der Waals surface area (Å²) >= 11 is 0. The molecule has 0 spiro atoms. The standard InChI is InChI=1S/C45H15B12N3O/c46-24-12-19-22(13-25(24)47)32-34(27(49)15-28(50)36(32)51)33-23(19)14-26(48)31(37(33)52)17-6-8-29-20(10-17)21-11-18(7-9-30(21)61-29)44-58-43(16-4-2-1-3-5-16)59-45(60-44)35-38(53)40(55)42(57)41(56)39(35)54/h1-15H. The van der Waals surface area contributed by atoms with E-state index in [0.717, 1.165) is 32.7 Å². The van der Waals surface area contributed by atoms with E-state index >= 15 is 0 Å². The van der Waals surface area contributed by atoms with Crippen LogP contribution in [0, 0.1) is 0 Å². The Bertz CT molecular complexity index is 3550. The number of aromatic nitrogens is 3. The molecule has 61 heavy (non-hydrogen) atoms. The van der Waals surface area contributed by atoms with E-state index in [1.54, 1.807) is 18.2 Å². The fourth-order valence-corrected chi connectivity index (χ4v) is 8.38. The molecule has 4 nitrogen and oxygen atoms in total. The van der Waals surface area contributed by atoms with E-state index < -0.39 is 0 Å². The lowest BCUT2D eigenvalue weighted by Gasteiger charge is -2.23. The summed E-state index contributed by atoms with van der Waals surface area (Å²) in [5, 5.41) is 5.61. The molecule has 2 aromatic heterocycles. The fourth-order valence-electron chi connectivity index (χ4n) is 8.38. The van der Waals surface area contributed by atoms with Gasteiger partial charge in [-0.05, 0) is 73.8 Å². The zero-order valence-electron chi connectivity index (χ0n) is 32.3. The molecule has 0 aliphatic heterocycles. The van der Waals surface area contributed by atoms with Gasteiger partial charge in [0.25, 0.3) is 0 Å². The topological polar surface area (TPSA) is 51.8 Å². The minimum absolute atomic E-state index is 0.0772. The molecule has 0 aliphatic rings. The number of hydrogen-bond donors (Lipinski definition) is 0. The van der Waals surface area contributed by atoms with Crippen molar-refractivity contribution in [1.29, 1.82) is 0 Å². The van der Waals surface area contributed by atoms with E-state index in [9.17, 15) is 0 Å². The maximum Gasteiger partial charge on any atom is 0.164 e. The number of nitrogens with zero attached hydrogens (tertiary/aromatic N) is 3. The van der Waals surface area contributed by atoms with Crippen molar-refractivity contribution in [1.82, 2.24) is 15.0 Å². The third-order valence-electron chi connectivity index (χ3n) is 11.5. The van der Waals surface area contributed by atoms with Crippen LogP contribution in [0.2, 0.25) is 0 Å². The second kappa shape index (κ2) is 14.4. The molecular formula is C45H15B12N3O. The summed E-state index contributed by atoms with van der Waals surface area (Å²) < 4.78 is 6.33. The Morgan fingerprint density at radius 3 is 1.46 bits per heavy atom. The zero-order valence-corrected chi connectivity index (χ0v) is 32.3. The molecule has 0 aliphatic carbocycles. The molecule has 10 rings (SSSR count). The number of rotatable bonds is 4. The van der Waals surface area contributed by atoms with Crippen molar-refractivity contribution in [2.45, 2.75) is 0 Å². The van der Waals surface area contributed by atoms with E-state index in [4.69, 9.17) is 114 Å². The van der Waals surface area contributed by atoms with Gasteiger partial charge in [0.05, 0.1) is 0 Å². The van der Waals surface area contributed by atoms with E-state index in [2.05, 4.69) is 0 Å². The normalized spacial score (nSPS) is 11.7. The van der Waals surface area contributed by atoms with Crippen molar-refractivity contribution in [2.75, 3.05) is 0 Å². The molecule has 8 aromatic carbocycles. The number of furan rings is 1. The molecule has 0 saturated heterocycles. The number of fused-ring (bicyclic) bond motifs is 9. The van der Waals surface area contributed by atoms with E-state index in [0.29, 0.717) is 93.7 Å². The first-order valence-electron chi connectivity index (χ1n) is 18.9. The molecule has 0 amide bonds. The summed E-state index contributed by atoms with van der Waals surface area (Å²) in [5.41, 5.74) is 7.24. The molecule has 0 atom stereocenters. The second-order valence-corrected chi connectivity index (χ2v) is 15.1. The first kappa shape index (κ1) is 39.3. The highest BCUT2D eigenvalue weighted by Gasteiger charge is 2.22. The Morgan fingerprint density at radius 1 is 0.311 bits per heavy atom. The Hall–Kier alpha value is -5.87. The SMILES string of the molecule is [B]c1cc2c(cc1[B])c1c([B])c([B])cc([B])c1c1c([B])c(-c3ccc4oc5ccc(-c6nc(-c7ccccc7)nc(-c7c([B])c([B])c([B])c([B])c7[B])n6)cc5c4c3)c([B])cc21. The lowest BCUT2D eigenvalue weighted by molar-refractivity contribution is 0.669. The van der Waals surface area contributed by atoms with E-state index in [-0.39, 0.29) is 38.7 Å². The average molecular weight is 743 g/mol. The van der Waals surface area contributed by atoms with Crippen LogP contribution in [0.1, 0.15) is 0 Å². The Morgan fingerprint density at radius 2 is 0.820 bits per heavy atom. The van der Waals surface area contributed by atoms with Gasteiger partial charge in [0, 0.05) is 27.5 Å². The highest BCUT2D eigenvalue weighted by Crippen LogP contribution is 2.37. The molecular weight excluding hydrogens is 728 g/mol. The molecule has 16 heteroatoms. The van der Waals surface area contributed by atoms with Crippen LogP contribution < -0.4 is 65.6 Å². The van der Waals surface area contributed by atoms with Gasteiger partial charge in [-0.2, -0.15) is 0 Å². The Balaban J connectivity index is 1.19. The van der Waals surface area contributed by atoms with Crippen LogP contribution in [0.4, 0.5) is 0 Å². The molecule has 0 N–H and O–H groups in total. The first-order valence-corrected chi connectivity index (χ1v) is 18.9. The smallest absolute Gasteiger partial charge is 0.164 e. The van der Waals surface area contributed by atoms with Crippen LogP contribution in [0.5, 0.6) is 0 Å². The number of hydrogen-bond acceptors (Lipinski definition) is 4. The quantitative estimate of drug-likeness (QED) is 0.147. The summed E-state index contributed by atoms with van der Waals surface area (Å²) in [7, 11) is 78.1. The minimum atomic E-state index is 0.0772. The van der Waals surface area contributed by atoms with Crippen molar-refractivity contribution in [3.05, 3.63) is 91.0 Å². The Labute approximate surface area is 367 Å². The highest BCUT2D eigenvalue weighted by atomic mass is 16.3. The number of benzene rings is 8. The predicted octanol–water partition coefficient (Wildman–Crippen LogP) is -2.58. The molecule has 0 saturated carbocycles. The van der Waals surface area contributed by atoms with Crippen LogP contribution in [-0.2, 0) is 0 Å². The predicted molar refractivity (Wildman–Crippen MR) is 266 cm³/mol. The maximum absolute atomic E-state index is 7.19. The third-order valence-corrected chi connectivity index (χ3v) is 11.5. The van der Waals surface area contributed by atoms with Crippen molar-refractivity contribution in [3.8, 4) is 45.3 Å². The van der Waals surface area contributed by atoms with Crippen LogP contribution in [-0.4, -0.2) is 109 Å². The van der Waals surface area contributed by atoms with Crippen molar-refractivity contribution in [2.24, 2.45) is 0 Å². The monoisotopic (exact) mass is 745 g/mol. The summed E-state index contributed by atoms with van der Waals surface area (Å²) in [6, 6.07) is 27.9. The van der Waals surface area contributed by atoms with Crippen LogP contribution in [0.3, 0.4) is 0 Å². The van der Waals surface area contributed by atoms with Crippen molar-refractivity contribution >= 4 is 214 Å². The van der Waals surface area contributed by atoms with Crippen LogP contribution in [0.25, 0.3) is 99.5 Å². The van der Waals surface area contributed by atoms with Gasteiger partial charge in [-0.25, -0.2) is 15.0 Å². The summed E-state index contributed by atoms with van der Waals surface area (Å²) in [6.45, 7) is 0. The summed E-state index contributed by atoms with van der Waals surface area (Å²) in [6.07, 6.45) is 0. The van der Waals surface area contributed by atoms with Gasteiger partial charge >= 0.3 is 0 Å². The van der Waals surface area contributed by atoms with Crippen molar-refractivity contribution < 1.29 is 4.42 Å². The highest BCUT2D eigenvalue weighted by molar-refractivity contribution is 6.69. The van der Waals surface area contributed by atoms with Gasteiger partial charge in [-0.3, -0.25) is 0 Å². The van der Waals surface area contributed by atoms with Crippen LogP contribution >= 0.6 is 0 Å². The molecule has 2 heterocycles. The van der Waals surface area contributed by atoms with Gasteiger partial charge in [0.15, 0.2) is 17.5 Å². The van der Waals surface area contributed by atoms with Gasteiger partial charge in [-0.1, -0.05) is 93.4 Å². The molecule has 0 fully saturated rings. The van der Waals surface area contributed by atoms with Crippen LogP contribution in [0.15, 0.2) is 95.4 Å². The molecule has 0 bridgehead atoms. The van der Waals surface area contributed by atoms with E-state index in [1.807, 2.05) is 72.8 Å². The molecule has 24 radical (unpaired) electrons.